The number of rotatable bonds is 3. The fourth-order valence-electron chi connectivity index (χ4n) is 3.20. The summed E-state index contributed by atoms with van der Waals surface area (Å²) in [7, 11) is 0. The van der Waals surface area contributed by atoms with E-state index in [0.29, 0.717) is 23.6 Å². The van der Waals surface area contributed by atoms with Crippen molar-refractivity contribution < 1.29 is 4.74 Å². The third kappa shape index (κ3) is 3.17. The van der Waals surface area contributed by atoms with Gasteiger partial charge in [0.2, 0.25) is 5.88 Å². The zero-order valence-corrected chi connectivity index (χ0v) is 11.7. The van der Waals surface area contributed by atoms with Crippen molar-refractivity contribution in [3.63, 3.8) is 0 Å². The predicted octanol–water partition coefficient (Wildman–Crippen LogP) is 2.85. The van der Waals surface area contributed by atoms with Crippen LogP contribution >= 0.6 is 0 Å². The molecule has 0 amide bonds. The molecule has 0 spiro atoms. The minimum Gasteiger partial charge on any atom is -0.474 e. The normalized spacial score (nSPS) is 31.2. The molecule has 19 heavy (non-hydrogen) atoms. The van der Waals surface area contributed by atoms with Crippen LogP contribution in [-0.4, -0.2) is 16.1 Å². The Kier molecular flexibility index (Phi) is 3.33. The van der Waals surface area contributed by atoms with E-state index < -0.39 is 0 Å². The van der Waals surface area contributed by atoms with Crippen LogP contribution in [0.15, 0.2) is 10.9 Å². The van der Waals surface area contributed by atoms with E-state index in [1.807, 2.05) is 0 Å². The van der Waals surface area contributed by atoms with Crippen LogP contribution in [0, 0.1) is 11.8 Å². The number of nitrogens with one attached hydrogen (secondary N) is 1. The molecule has 0 bridgehead atoms. The molecule has 0 aliphatic heterocycles. The zero-order chi connectivity index (χ0) is 13.4. The molecule has 4 heteroatoms. The van der Waals surface area contributed by atoms with Crippen molar-refractivity contribution in [1.29, 1.82) is 0 Å². The van der Waals surface area contributed by atoms with Gasteiger partial charge in [0.15, 0.2) is 0 Å². The quantitative estimate of drug-likeness (QED) is 0.911. The van der Waals surface area contributed by atoms with Crippen molar-refractivity contribution in [3.8, 4) is 5.88 Å². The van der Waals surface area contributed by atoms with Crippen molar-refractivity contribution in [2.24, 2.45) is 11.8 Å². The van der Waals surface area contributed by atoms with Gasteiger partial charge in [0, 0.05) is 5.92 Å². The van der Waals surface area contributed by atoms with E-state index in [-0.39, 0.29) is 11.7 Å². The Morgan fingerprint density at radius 3 is 2.53 bits per heavy atom. The van der Waals surface area contributed by atoms with Crippen molar-refractivity contribution >= 4 is 0 Å². The molecule has 2 aliphatic rings. The minimum absolute atomic E-state index is 0.0937. The Labute approximate surface area is 113 Å². The summed E-state index contributed by atoms with van der Waals surface area (Å²) in [6.45, 7) is 4.54. The summed E-state index contributed by atoms with van der Waals surface area (Å²) >= 11 is 0. The molecular weight excluding hydrogens is 240 g/mol. The maximum Gasteiger partial charge on any atom is 0.254 e. The van der Waals surface area contributed by atoms with Crippen molar-refractivity contribution in [2.75, 3.05) is 0 Å². The molecule has 2 fully saturated rings. The lowest BCUT2D eigenvalue weighted by Crippen LogP contribution is -2.29. The van der Waals surface area contributed by atoms with Crippen LogP contribution in [0.5, 0.6) is 5.88 Å². The van der Waals surface area contributed by atoms with Crippen LogP contribution < -0.4 is 10.3 Å². The van der Waals surface area contributed by atoms with E-state index in [1.54, 1.807) is 0 Å². The summed E-state index contributed by atoms with van der Waals surface area (Å²) in [6, 6.07) is 1.48. The molecule has 2 atom stereocenters. The molecule has 3 rings (SSSR count). The Morgan fingerprint density at radius 2 is 1.89 bits per heavy atom. The fraction of sp³-hybridized carbons (Fsp3) is 0.733. The molecule has 1 aromatic heterocycles. The number of ether oxygens (including phenoxy) is 1. The monoisotopic (exact) mass is 262 g/mol. The third-order valence-electron chi connectivity index (χ3n) is 4.12. The largest absolute Gasteiger partial charge is 0.474 e. The van der Waals surface area contributed by atoms with Crippen molar-refractivity contribution in [1.82, 2.24) is 9.97 Å². The van der Waals surface area contributed by atoms with Gasteiger partial charge in [-0.2, -0.15) is 4.98 Å². The molecule has 0 saturated heterocycles. The molecule has 2 aliphatic carbocycles. The second-order valence-electron chi connectivity index (χ2n) is 6.40. The number of hydrogen-bond acceptors (Lipinski definition) is 3. The topological polar surface area (TPSA) is 55.0 Å². The van der Waals surface area contributed by atoms with E-state index in [9.17, 15) is 4.79 Å². The summed E-state index contributed by atoms with van der Waals surface area (Å²) in [4.78, 5) is 18.9. The summed E-state index contributed by atoms with van der Waals surface area (Å²) in [5.74, 6) is 3.15. The van der Waals surface area contributed by atoms with Gasteiger partial charge in [0.25, 0.3) is 5.56 Å². The SMILES string of the molecule is CC1CC(C)CC(Oc2cc(=O)[nH]c(C3CC3)n2)C1. The highest BCUT2D eigenvalue weighted by Crippen LogP contribution is 2.38. The highest BCUT2D eigenvalue weighted by molar-refractivity contribution is 5.14. The molecule has 1 aromatic rings. The average molecular weight is 262 g/mol. The lowest BCUT2D eigenvalue weighted by atomic mass is 9.82. The van der Waals surface area contributed by atoms with Gasteiger partial charge in [-0.1, -0.05) is 13.8 Å². The first-order valence-electron chi connectivity index (χ1n) is 7.38. The van der Waals surface area contributed by atoms with Gasteiger partial charge >= 0.3 is 0 Å². The highest BCUT2D eigenvalue weighted by Gasteiger charge is 2.28. The first kappa shape index (κ1) is 12.7. The van der Waals surface area contributed by atoms with E-state index in [0.717, 1.165) is 31.5 Å². The Hall–Kier alpha value is -1.32. The standard InChI is InChI=1S/C15H22N2O2/c1-9-5-10(2)7-12(6-9)19-14-8-13(18)16-15(17-14)11-3-4-11/h8-12H,3-7H2,1-2H3,(H,16,17,18). The zero-order valence-electron chi connectivity index (χ0n) is 11.7. The van der Waals surface area contributed by atoms with Gasteiger partial charge in [-0.05, 0) is 43.9 Å². The lowest BCUT2D eigenvalue weighted by molar-refractivity contribution is 0.0962. The summed E-state index contributed by atoms with van der Waals surface area (Å²) in [6.07, 6.45) is 5.87. The van der Waals surface area contributed by atoms with E-state index in [4.69, 9.17) is 4.74 Å². The van der Waals surface area contributed by atoms with Crippen LogP contribution in [0.25, 0.3) is 0 Å². The Balaban J connectivity index is 1.73. The van der Waals surface area contributed by atoms with Gasteiger partial charge in [0.1, 0.15) is 11.9 Å². The van der Waals surface area contributed by atoms with Crippen molar-refractivity contribution in [3.05, 3.63) is 22.2 Å². The Bertz CT molecular complexity index is 497. The number of hydrogen-bond donors (Lipinski definition) is 1. The summed E-state index contributed by atoms with van der Waals surface area (Å²) < 4.78 is 5.96. The summed E-state index contributed by atoms with van der Waals surface area (Å²) in [5.41, 5.74) is -0.0937. The Morgan fingerprint density at radius 1 is 1.21 bits per heavy atom. The van der Waals surface area contributed by atoms with Gasteiger partial charge in [-0.3, -0.25) is 4.79 Å². The molecule has 2 unspecified atom stereocenters. The predicted molar refractivity (Wildman–Crippen MR) is 73.4 cm³/mol. The first-order valence-corrected chi connectivity index (χ1v) is 7.38. The molecule has 2 saturated carbocycles. The van der Waals surface area contributed by atoms with Crippen LogP contribution in [0.3, 0.4) is 0 Å². The second-order valence-corrected chi connectivity index (χ2v) is 6.40. The van der Waals surface area contributed by atoms with Crippen LogP contribution in [0.4, 0.5) is 0 Å². The third-order valence-corrected chi connectivity index (χ3v) is 4.12. The highest BCUT2D eigenvalue weighted by atomic mass is 16.5. The fourth-order valence-corrected chi connectivity index (χ4v) is 3.20. The van der Waals surface area contributed by atoms with Gasteiger partial charge in [0.05, 0.1) is 6.07 Å². The first-order chi connectivity index (χ1) is 9.10. The van der Waals surface area contributed by atoms with Crippen LogP contribution in [0.1, 0.15) is 57.7 Å². The molecule has 1 heterocycles. The van der Waals surface area contributed by atoms with Gasteiger partial charge < -0.3 is 9.72 Å². The van der Waals surface area contributed by atoms with Crippen LogP contribution in [-0.2, 0) is 0 Å². The number of aromatic amines is 1. The van der Waals surface area contributed by atoms with Gasteiger partial charge in [-0.15, -0.1) is 0 Å². The lowest BCUT2D eigenvalue weighted by Gasteiger charge is -2.31. The van der Waals surface area contributed by atoms with E-state index in [1.165, 1.54) is 12.5 Å². The van der Waals surface area contributed by atoms with Gasteiger partial charge in [-0.25, -0.2) is 0 Å². The van der Waals surface area contributed by atoms with E-state index in [2.05, 4.69) is 23.8 Å². The van der Waals surface area contributed by atoms with Crippen LogP contribution in [0.2, 0.25) is 0 Å². The second kappa shape index (κ2) is 4.99. The maximum atomic E-state index is 11.6. The molecule has 4 nitrogen and oxygen atoms in total. The number of nitrogens with zero attached hydrogens (tertiary/aromatic N) is 1. The summed E-state index contributed by atoms with van der Waals surface area (Å²) in [5, 5.41) is 0. The smallest absolute Gasteiger partial charge is 0.254 e. The molecule has 104 valence electrons. The molecular formula is C15H22N2O2. The average Bonchev–Trinajstić information content (AvgIpc) is 3.09. The molecule has 1 N–H and O–H groups in total. The maximum absolute atomic E-state index is 11.6. The number of aromatic nitrogens is 2. The molecule has 0 aromatic carbocycles. The number of H-pyrrole nitrogens is 1. The molecule has 0 radical (unpaired) electrons. The minimum atomic E-state index is -0.0937. The van der Waals surface area contributed by atoms with Crippen molar-refractivity contribution in [2.45, 2.75) is 58.0 Å². The van der Waals surface area contributed by atoms with E-state index >= 15 is 0 Å².